The molecule has 1 aliphatic rings. The first-order valence-corrected chi connectivity index (χ1v) is 12.5. The van der Waals surface area contributed by atoms with Crippen LogP contribution in [0.5, 0.6) is 0 Å². The molecule has 7 rings (SSSR count). The summed E-state index contributed by atoms with van der Waals surface area (Å²) in [5, 5.41) is 7.06. The van der Waals surface area contributed by atoms with Gasteiger partial charge in [0.15, 0.2) is 0 Å². The van der Waals surface area contributed by atoms with Crippen LogP contribution in [-0.2, 0) is 9.31 Å². The third kappa shape index (κ3) is 3.15. The fourth-order valence-corrected chi connectivity index (χ4v) is 5.39. The molecule has 2 heterocycles. The number of fused-ring (bicyclic) bond motifs is 5. The standard InChI is InChI=1S/C32H27BO3/c1-31(2)32(3,4)36-33(35-31)22-15-16-29-28(18-22)27-17-21-11-8-14-25(26(21)19-30(27)34-29)24-13-7-10-20-9-5-6-12-23(20)24/h5-19H,1-4H3. The quantitative estimate of drug-likeness (QED) is 0.242. The molecule has 0 atom stereocenters. The Labute approximate surface area is 210 Å². The normalized spacial score (nSPS) is 17.1. The average molecular weight is 470 g/mol. The van der Waals surface area contributed by atoms with Crippen LogP contribution >= 0.6 is 0 Å². The van der Waals surface area contributed by atoms with Crippen molar-refractivity contribution in [3.05, 3.63) is 91.0 Å². The zero-order chi connectivity index (χ0) is 24.7. The van der Waals surface area contributed by atoms with Crippen molar-refractivity contribution in [3.8, 4) is 11.1 Å². The van der Waals surface area contributed by atoms with Crippen LogP contribution in [-0.4, -0.2) is 18.3 Å². The first-order valence-electron chi connectivity index (χ1n) is 12.5. The monoisotopic (exact) mass is 470 g/mol. The van der Waals surface area contributed by atoms with Crippen molar-refractivity contribution in [1.82, 2.24) is 0 Å². The van der Waals surface area contributed by atoms with Crippen LogP contribution in [0.25, 0.3) is 54.6 Å². The molecule has 0 amide bonds. The van der Waals surface area contributed by atoms with E-state index >= 15 is 0 Å². The number of hydrogen-bond donors (Lipinski definition) is 0. The van der Waals surface area contributed by atoms with Gasteiger partial charge in [-0.2, -0.15) is 0 Å². The summed E-state index contributed by atoms with van der Waals surface area (Å²) in [5.41, 5.74) is 4.46. The molecule has 0 aliphatic carbocycles. The van der Waals surface area contributed by atoms with Crippen LogP contribution in [0.15, 0.2) is 95.4 Å². The van der Waals surface area contributed by atoms with E-state index in [1.807, 2.05) is 12.1 Å². The fourth-order valence-electron chi connectivity index (χ4n) is 5.39. The summed E-state index contributed by atoms with van der Waals surface area (Å²) in [6, 6.07) is 32.3. The minimum Gasteiger partial charge on any atom is -0.456 e. The van der Waals surface area contributed by atoms with E-state index in [2.05, 4.69) is 107 Å². The molecule has 176 valence electrons. The van der Waals surface area contributed by atoms with E-state index in [1.54, 1.807) is 0 Å². The van der Waals surface area contributed by atoms with Gasteiger partial charge in [-0.05, 0) is 84.0 Å². The maximum Gasteiger partial charge on any atom is 0.494 e. The molecule has 0 spiro atoms. The van der Waals surface area contributed by atoms with Gasteiger partial charge in [0.2, 0.25) is 0 Å². The molecule has 0 saturated carbocycles. The lowest BCUT2D eigenvalue weighted by molar-refractivity contribution is 0.00578. The number of rotatable bonds is 2. The van der Waals surface area contributed by atoms with Gasteiger partial charge in [-0.25, -0.2) is 0 Å². The van der Waals surface area contributed by atoms with Crippen LogP contribution in [0.1, 0.15) is 27.7 Å². The molecule has 36 heavy (non-hydrogen) atoms. The molecule has 0 unspecified atom stereocenters. The van der Waals surface area contributed by atoms with Gasteiger partial charge in [-0.15, -0.1) is 0 Å². The predicted molar refractivity (Wildman–Crippen MR) is 150 cm³/mol. The Balaban J connectivity index is 1.40. The Hall–Kier alpha value is -3.60. The highest BCUT2D eigenvalue weighted by atomic mass is 16.7. The number of hydrogen-bond acceptors (Lipinski definition) is 3. The van der Waals surface area contributed by atoms with Crippen LogP contribution in [0.2, 0.25) is 0 Å². The highest BCUT2D eigenvalue weighted by molar-refractivity contribution is 6.62. The average Bonchev–Trinajstić information content (AvgIpc) is 3.33. The summed E-state index contributed by atoms with van der Waals surface area (Å²) in [6.45, 7) is 8.33. The minimum absolute atomic E-state index is 0.376. The maximum absolute atomic E-state index is 6.36. The summed E-state index contributed by atoms with van der Waals surface area (Å²) in [6.07, 6.45) is 0. The lowest BCUT2D eigenvalue weighted by Gasteiger charge is -2.32. The van der Waals surface area contributed by atoms with Crippen molar-refractivity contribution in [1.29, 1.82) is 0 Å². The Morgan fingerprint density at radius 1 is 0.528 bits per heavy atom. The Kier molecular flexibility index (Phi) is 4.49. The first-order chi connectivity index (χ1) is 17.3. The Morgan fingerprint density at radius 3 is 1.94 bits per heavy atom. The van der Waals surface area contributed by atoms with E-state index in [0.29, 0.717) is 0 Å². The van der Waals surface area contributed by atoms with Gasteiger partial charge in [0.05, 0.1) is 11.2 Å². The second-order valence-corrected chi connectivity index (χ2v) is 10.8. The van der Waals surface area contributed by atoms with Gasteiger partial charge in [0, 0.05) is 10.8 Å². The lowest BCUT2D eigenvalue weighted by Crippen LogP contribution is -2.41. The largest absolute Gasteiger partial charge is 0.494 e. The molecule has 4 heteroatoms. The van der Waals surface area contributed by atoms with Crippen molar-refractivity contribution in [2.24, 2.45) is 0 Å². The van der Waals surface area contributed by atoms with Gasteiger partial charge in [0.1, 0.15) is 11.2 Å². The SMILES string of the molecule is CC1(C)OB(c2ccc3oc4cc5c(-c6cccc7ccccc67)cccc5cc4c3c2)OC1(C)C. The van der Waals surface area contributed by atoms with Crippen LogP contribution in [0.3, 0.4) is 0 Å². The lowest BCUT2D eigenvalue weighted by atomic mass is 9.78. The van der Waals surface area contributed by atoms with Crippen LogP contribution in [0, 0.1) is 0 Å². The summed E-state index contributed by atoms with van der Waals surface area (Å²) < 4.78 is 19.0. The summed E-state index contributed by atoms with van der Waals surface area (Å²) >= 11 is 0. The molecule has 1 fully saturated rings. The van der Waals surface area contributed by atoms with Crippen LogP contribution < -0.4 is 5.46 Å². The highest BCUT2D eigenvalue weighted by Gasteiger charge is 2.51. The second kappa shape index (κ2) is 7.46. The molecule has 0 bridgehead atoms. The van der Waals surface area contributed by atoms with E-state index in [-0.39, 0.29) is 11.2 Å². The van der Waals surface area contributed by atoms with Gasteiger partial charge in [-0.1, -0.05) is 72.8 Å². The van der Waals surface area contributed by atoms with Crippen molar-refractivity contribution in [2.75, 3.05) is 0 Å². The topological polar surface area (TPSA) is 31.6 Å². The van der Waals surface area contributed by atoms with Gasteiger partial charge < -0.3 is 13.7 Å². The van der Waals surface area contributed by atoms with Crippen LogP contribution in [0.4, 0.5) is 0 Å². The van der Waals surface area contributed by atoms with Gasteiger partial charge in [-0.3, -0.25) is 0 Å². The molecule has 1 aliphatic heterocycles. The van der Waals surface area contributed by atoms with Crippen molar-refractivity contribution in [3.63, 3.8) is 0 Å². The van der Waals surface area contributed by atoms with Gasteiger partial charge in [0.25, 0.3) is 0 Å². The third-order valence-corrected chi connectivity index (χ3v) is 8.10. The summed E-state index contributed by atoms with van der Waals surface area (Å²) in [4.78, 5) is 0. The molecule has 1 saturated heterocycles. The highest BCUT2D eigenvalue weighted by Crippen LogP contribution is 2.39. The van der Waals surface area contributed by atoms with E-state index in [0.717, 1.165) is 27.4 Å². The molecule has 5 aromatic carbocycles. The maximum atomic E-state index is 6.36. The van der Waals surface area contributed by atoms with Crippen molar-refractivity contribution >= 4 is 56.1 Å². The fraction of sp³-hybridized carbons (Fsp3) is 0.188. The molecular formula is C32H27BO3. The molecule has 0 radical (unpaired) electrons. The van der Waals surface area contributed by atoms with Crippen molar-refractivity contribution < 1.29 is 13.7 Å². The molecule has 1 aromatic heterocycles. The van der Waals surface area contributed by atoms with E-state index in [4.69, 9.17) is 13.7 Å². The van der Waals surface area contributed by atoms with E-state index in [1.165, 1.54) is 32.7 Å². The van der Waals surface area contributed by atoms with Crippen molar-refractivity contribution in [2.45, 2.75) is 38.9 Å². The Bertz CT molecular complexity index is 1790. The van der Waals surface area contributed by atoms with E-state index < -0.39 is 7.12 Å². The zero-order valence-corrected chi connectivity index (χ0v) is 21.0. The number of furan rings is 1. The van der Waals surface area contributed by atoms with E-state index in [9.17, 15) is 0 Å². The molecular weight excluding hydrogens is 443 g/mol. The first kappa shape index (κ1) is 21.7. The Morgan fingerprint density at radius 2 is 1.17 bits per heavy atom. The summed E-state index contributed by atoms with van der Waals surface area (Å²) in [5.74, 6) is 0. The second-order valence-electron chi connectivity index (χ2n) is 10.8. The predicted octanol–water partition coefficient (Wildman–Crippen LogP) is 7.86. The van der Waals surface area contributed by atoms with Gasteiger partial charge >= 0.3 is 7.12 Å². The minimum atomic E-state index is -0.400. The molecule has 6 aromatic rings. The zero-order valence-electron chi connectivity index (χ0n) is 21.0. The molecule has 3 nitrogen and oxygen atoms in total. The smallest absolute Gasteiger partial charge is 0.456 e. The third-order valence-electron chi connectivity index (χ3n) is 8.10. The molecule has 0 N–H and O–H groups in total. The number of benzene rings is 5. The summed E-state index contributed by atoms with van der Waals surface area (Å²) in [7, 11) is -0.400.